The van der Waals surface area contributed by atoms with E-state index in [0.29, 0.717) is 63.1 Å². The van der Waals surface area contributed by atoms with E-state index in [9.17, 15) is 9.59 Å². The van der Waals surface area contributed by atoms with Gasteiger partial charge in [0.1, 0.15) is 6.10 Å². The molecule has 166 valence electrons. The number of nitrogens with zero attached hydrogens (tertiary/aromatic N) is 5. The summed E-state index contributed by atoms with van der Waals surface area (Å²) in [6.45, 7) is 3.43. The van der Waals surface area contributed by atoms with Gasteiger partial charge in [0.05, 0.1) is 43.1 Å². The molecule has 2 aromatic heterocycles. The molecule has 2 aliphatic heterocycles. The van der Waals surface area contributed by atoms with Gasteiger partial charge in [-0.1, -0.05) is 18.2 Å². The number of pyridine rings is 1. The number of fused-ring (bicyclic) bond motifs is 1. The number of aromatic nitrogens is 3. The van der Waals surface area contributed by atoms with Gasteiger partial charge in [-0.25, -0.2) is 9.97 Å². The number of rotatable bonds is 3. The Kier molecular flexibility index (Phi) is 5.59. The Morgan fingerprint density at radius 3 is 2.59 bits per heavy atom. The molecule has 2 fully saturated rings. The SMILES string of the molecule is Cn1ccnc1C(=O)N1CCOC(c2cc(C(=O)N3CCOCC3)c3ccccc3n2)C1. The summed E-state index contributed by atoms with van der Waals surface area (Å²) in [5.74, 6) is 0.210. The van der Waals surface area contributed by atoms with Crippen molar-refractivity contribution in [1.82, 2.24) is 24.3 Å². The fourth-order valence-corrected chi connectivity index (χ4v) is 4.20. The zero-order valence-electron chi connectivity index (χ0n) is 17.9. The van der Waals surface area contributed by atoms with Crippen LogP contribution in [0.1, 0.15) is 32.8 Å². The second-order valence-corrected chi connectivity index (χ2v) is 7.99. The number of amides is 2. The van der Waals surface area contributed by atoms with Gasteiger partial charge in [-0.05, 0) is 12.1 Å². The maximum Gasteiger partial charge on any atom is 0.290 e. The molecule has 4 heterocycles. The Hall–Kier alpha value is -3.30. The second kappa shape index (κ2) is 8.68. The van der Waals surface area contributed by atoms with Gasteiger partial charge in [-0.15, -0.1) is 0 Å². The number of morpholine rings is 2. The van der Waals surface area contributed by atoms with Gasteiger partial charge in [-0.3, -0.25) is 9.59 Å². The lowest BCUT2D eigenvalue weighted by Gasteiger charge is -2.33. The molecule has 0 radical (unpaired) electrons. The highest BCUT2D eigenvalue weighted by Gasteiger charge is 2.30. The molecule has 3 aromatic rings. The van der Waals surface area contributed by atoms with Crippen molar-refractivity contribution in [3.8, 4) is 0 Å². The predicted molar refractivity (Wildman–Crippen MR) is 116 cm³/mol. The molecular weight excluding hydrogens is 410 g/mol. The molecule has 2 aliphatic rings. The van der Waals surface area contributed by atoms with Crippen LogP contribution in [-0.4, -0.2) is 82.1 Å². The van der Waals surface area contributed by atoms with Crippen LogP contribution in [0, 0.1) is 0 Å². The first-order valence-electron chi connectivity index (χ1n) is 10.8. The number of para-hydroxylation sites is 1. The molecule has 1 unspecified atom stereocenters. The van der Waals surface area contributed by atoms with Crippen LogP contribution in [0.3, 0.4) is 0 Å². The van der Waals surface area contributed by atoms with Gasteiger partial charge in [0.15, 0.2) is 5.82 Å². The lowest BCUT2D eigenvalue weighted by atomic mass is 10.0. The van der Waals surface area contributed by atoms with Crippen molar-refractivity contribution in [3.63, 3.8) is 0 Å². The Labute approximate surface area is 185 Å². The smallest absolute Gasteiger partial charge is 0.290 e. The minimum absolute atomic E-state index is 0.0371. The number of benzene rings is 1. The van der Waals surface area contributed by atoms with Gasteiger partial charge in [0.2, 0.25) is 0 Å². The average molecular weight is 435 g/mol. The van der Waals surface area contributed by atoms with Gasteiger partial charge in [0.25, 0.3) is 11.8 Å². The summed E-state index contributed by atoms with van der Waals surface area (Å²) in [6.07, 6.45) is 2.94. The number of ether oxygens (including phenoxy) is 2. The van der Waals surface area contributed by atoms with Crippen LogP contribution < -0.4 is 0 Å². The highest BCUT2D eigenvalue weighted by molar-refractivity contribution is 6.06. The molecule has 0 bridgehead atoms. The molecule has 9 heteroatoms. The highest BCUT2D eigenvalue weighted by atomic mass is 16.5. The van der Waals surface area contributed by atoms with Crippen LogP contribution >= 0.6 is 0 Å². The molecule has 0 N–H and O–H groups in total. The van der Waals surface area contributed by atoms with Gasteiger partial charge >= 0.3 is 0 Å². The minimum atomic E-state index is -0.422. The van der Waals surface area contributed by atoms with Crippen LogP contribution in [0.2, 0.25) is 0 Å². The number of hydrogen-bond donors (Lipinski definition) is 0. The Morgan fingerprint density at radius 2 is 1.81 bits per heavy atom. The van der Waals surface area contributed by atoms with E-state index in [2.05, 4.69) is 4.98 Å². The summed E-state index contributed by atoms with van der Waals surface area (Å²) in [5.41, 5.74) is 1.99. The Morgan fingerprint density at radius 1 is 1.03 bits per heavy atom. The lowest BCUT2D eigenvalue weighted by Crippen LogP contribution is -2.43. The van der Waals surface area contributed by atoms with Crippen molar-refractivity contribution in [2.24, 2.45) is 7.05 Å². The van der Waals surface area contributed by atoms with E-state index in [1.807, 2.05) is 35.2 Å². The van der Waals surface area contributed by atoms with Gasteiger partial charge < -0.3 is 23.8 Å². The fraction of sp³-hybridized carbons (Fsp3) is 0.391. The first-order chi connectivity index (χ1) is 15.6. The van der Waals surface area contributed by atoms with Crippen LogP contribution in [0.25, 0.3) is 10.9 Å². The van der Waals surface area contributed by atoms with Crippen molar-refractivity contribution < 1.29 is 19.1 Å². The third-order valence-corrected chi connectivity index (χ3v) is 5.96. The topological polar surface area (TPSA) is 89.8 Å². The number of aryl methyl sites for hydroxylation is 1. The summed E-state index contributed by atoms with van der Waals surface area (Å²) >= 11 is 0. The van der Waals surface area contributed by atoms with Crippen molar-refractivity contribution in [2.75, 3.05) is 46.0 Å². The first kappa shape index (κ1) is 20.6. The summed E-state index contributed by atoms with van der Waals surface area (Å²) < 4.78 is 13.1. The van der Waals surface area contributed by atoms with Crippen molar-refractivity contribution in [3.05, 3.63) is 59.8 Å². The fourth-order valence-electron chi connectivity index (χ4n) is 4.20. The predicted octanol–water partition coefficient (Wildman–Crippen LogP) is 1.65. The second-order valence-electron chi connectivity index (χ2n) is 7.99. The lowest BCUT2D eigenvalue weighted by molar-refractivity contribution is -0.0251. The van der Waals surface area contributed by atoms with Gasteiger partial charge in [-0.2, -0.15) is 0 Å². The minimum Gasteiger partial charge on any atom is -0.378 e. The molecule has 1 aromatic carbocycles. The molecule has 0 saturated carbocycles. The van der Waals surface area contributed by atoms with Gasteiger partial charge in [0, 0.05) is 44.5 Å². The van der Waals surface area contributed by atoms with E-state index in [0.717, 1.165) is 10.9 Å². The van der Waals surface area contributed by atoms with E-state index in [1.165, 1.54) is 0 Å². The van der Waals surface area contributed by atoms with E-state index in [-0.39, 0.29) is 11.8 Å². The third-order valence-electron chi connectivity index (χ3n) is 5.96. The quantitative estimate of drug-likeness (QED) is 0.622. The maximum absolute atomic E-state index is 13.3. The summed E-state index contributed by atoms with van der Waals surface area (Å²) in [4.78, 5) is 38.8. The molecule has 0 aliphatic carbocycles. The zero-order chi connectivity index (χ0) is 22.1. The summed E-state index contributed by atoms with van der Waals surface area (Å²) in [5, 5.41) is 0.810. The first-order valence-corrected chi connectivity index (χ1v) is 10.8. The standard InChI is InChI=1S/C23H25N5O4/c1-26-7-6-24-21(26)23(30)28-10-13-32-20(15-28)19-14-17(16-4-2-3-5-18(16)25-19)22(29)27-8-11-31-12-9-27/h2-7,14,20H,8-13,15H2,1H3. The molecule has 32 heavy (non-hydrogen) atoms. The Bertz CT molecular complexity index is 1150. The van der Waals surface area contributed by atoms with Crippen LogP contribution in [0.15, 0.2) is 42.7 Å². The monoisotopic (exact) mass is 435 g/mol. The Balaban J connectivity index is 1.46. The normalized spacial score (nSPS) is 19.3. The molecule has 2 saturated heterocycles. The van der Waals surface area contributed by atoms with Crippen molar-refractivity contribution >= 4 is 22.7 Å². The van der Waals surface area contributed by atoms with E-state index in [1.54, 1.807) is 28.9 Å². The molecule has 2 amide bonds. The number of hydrogen-bond acceptors (Lipinski definition) is 6. The van der Waals surface area contributed by atoms with Crippen molar-refractivity contribution in [1.29, 1.82) is 0 Å². The third kappa shape index (κ3) is 3.85. The zero-order valence-corrected chi connectivity index (χ0v) is 17.9. The molecule has 5 rings (SSSR count). The van der Waals surface area contributed by atoms with Crippen LogP contribution in [0.5, 0.6) is 0 Å². The van der Waals surface area contributed by atoms with E-state index in [4.69, 9.17) is 14.5 Å². The molecule has 1 atom stereocenters. The average Bonchev–Trinajstić information content (AvgIpc) is 3.28. The molecular formula is C23H25N5O4. The van der Waals surface area contributed by atoms with E-state index >= 15 is 0 Å². The van der Waals surface area contributed by atoms with E-state index < -0.39 is 6.10 Å². The molecule has 0 spiro atoms. The highest BCUT2D eigenvalue weighted by Crippen LogP contribution is 2.27. The molecule has 9 nitrogen and oxygen atoms in total. The number of carbonyl (C=O) groups excluding carboxylic acids is 2. The number of carbonyl (C=O) groups is 2. The maximum atomic E-state index is 13.3. The number of imidazole rings is 1. The summed E-state index contributed by atoms with van der Waals surface area (Å²) in [6, 6.07) is 9.44. The largest absolute Gasteiger partial charge is 0.378 e. The van der Waals surface area contributed by atoms with Crippen LogP contribution in [-0.2, 0) is 16.5 Å². The van der Waals surface area contributed by atoms with Crippen molar-refractivity contribution in [2.45, 2.75) is 6.10 Å². The van der Waals surface area contributed by atoms with Crippen LogP contribution in [0.4, 0.5) is 0 Å². The summed E-state index contributed by atoms with van der Waals surface area (Å²) in [7, 11) is 1.80.